The SMILES string of the molecule is CCC(=O)C(C)(C)[C@H](CCO)O[Si](C)(C)C(C)(C)C. The van der Waals surface area contributed by atoms with E-state index in [1.165, 1.54) is 0 Å². The number of ketones is 1. The first-order valence-corrected chi connectivity index (χ1v) is 10.1. The van der Waals surface area contributed by atoms with E-state index in [1.54, 1.807) is 0 Å². The van der Waals surface area contributed by atoms with Gasteiger partial charge in [-0.2, -0.15) is 0 Å². The van der Waals surface area contributed by atoms with Gasteiger partial charge in [-0.1, -0.05) is 41.5 Å². The van der Waals surface area contributed by atoms with Crippen LogP contribution in [0.25, 0.3) is 0 Å². The maximum absolute atomic E-state index is 12.1. The number of carbonyl (C=O) groups excluding carboxylic acids is 1. The number of rotatable bonds is 7. The van der Waals surface area contributed by atoms with Crippen molar-refractivity contribution in [2.45, 2.75) is 78.6 Å². The van der Waals surface area contributed by atoms with Crippen LogP contribution in [0.15, 0.2) is 0 Å². The average Bonchev–Trinajstić information content (AvgIpc) is 2.25. The molecule has 0 aliphatic heterocycles. The molecule has 0 heterocycles. The van der Waals surface area contributed by atoms with Gasteiger partial charge in [0.1, 0.15) is 5.78 Å². The standard InChI is InChI=1S/C15H32O3Si/c1-9-12(17)15(5,6)13(10-11-16)18-19(7,8)14(2,3)4/h13,16H,9-11H2,1-8H3/t13-/m0/s1. The van der Waals surface area contributed by atoms with Gasteiger partial charge in [0.25, 0.3) is 0 Å². The van der Waals surface area contributed by atoms with Crippen LogP contribution in [-0.4, -0.2) is 31.9 Å². The lowest BCUT2D eigenvalue weighted by Crippen LogP contribution is -2.50. The fourth-order valence-corrected chi connectivity index (χ4v) is 3.33. The second-order valence-electron chi connectivity index (χ2n) is 7.38. The first kappa shape index (κ1) is 18.8. The lowest BCUT2D eigenvalue weighted by atomic mass is 9.80. The maximum Gasteiger partial charge on any atom is 0.192 e. The van der Waals surface area contributed by atoms with Gasteiger partial charge in [0, 0.05) is 18.4 Å². The average molecular weight is 289 g/mol. The highest BCUT2D eigenvalue weighted by molar-refractivity contribution is 6.74. The molecule has 0 rings (SSSR count). The topological polar surface area (TPSA) is 46.5 Å². The van der Waals surface area contributed by atoms with Crippen molar-refractivity contribution < 1.29 is 14.3 Å². The smallest absolute Gasteiger partial charge is 0.192 e. The molecular formula is C15H32O3Si. The Bertz CT molecular complexity index is 303. The number of hydrogen-bond acceptors (Lipinski definition) is 3. The lowest BCUT2D eigenvalue weighted by Gasteiger charge is -2.43. The molecule has 0 amide bonds. The molecule has 4 heteroatoms. The Morgan fingerprint density at radius 1 is 1.21 bits per heavy atom. The number of carbonyl (C=O) groups is 1. The fourth-order valence-electron chi connectivity index (χ4n) is 1.85. The van der Waals surface area contributed by atoms with Crippen LogP contribution < -0.4 is 0 Å². The molecule has 0 spiro atoms. The van der Waals surface area contributed by atoms with Gasteiger partial charge in [0.05, 0.1) is 6.10 Å². The van der Waals surface area contributed by atoms with Crippen molar-refractivity contribution in [3.63, 3.8) is 0 Å². The van der Waals surface area contributed by atoms with E-state index >= 15 is 0 Å². The molecule has 0 aromatic rings. The summed E-state index contributed by atoms with van der Waals surface area (Å²) in [4.78, 5) is 12.1. The van der Waals surface area contributed by atoms with Crippen molar-refractivity contribution in [1.82, 2.24) is 0 Å². The normalized spacial score (nSPS) is 15.4. The Labute approximate surface area is 119 Å². The molecule has 0 bridgehead atoms. The fraction of sp³-hybridized carbons (Fsp3) is 0.933. The predicted molar refractivity (Wildman–Crippen MR) is 82.9 cm³/mol. The zero-order valence-electron chi connectivity index (χ0n) is 14.0. The minimum Gasteiger partial charge on any atom is -0.413 e. The second-order valence-corrected chi connectivity index (χ2v) is 12.1. The van der Waals surface area contributed by atoms with E-state index in [0.717, 1.165) is 0 Å². The summed E-state index contributed by atoms with van der Waals surface area (Å²) in [7, 11) is -1.94. The van der Waals surface area contributed by atoms with Crippen LogP contribution >= 0.6 is 0 Å². The number of hydrogen-bond donors (Lipinski definition) is 1. The van der Waals surface area contributed by atoms with Crippen LogP contribution in [0.5, 0.6) is 0 Å². The van der Waals surface area contributed by atoms with Gasteiger partial charge < -0.3 is 9.53 Å². The van der Waals surface area contributed by atoms with E-state index in [2.05, 4.69) is 33.9 Å². The number of aliphatic hydroxyl groups is 1. The van der Waals surface area contributed by atoms with Crippen molar-refractivity contribution in [1.29, 1.82) is 0 Å². The summed E-state index contributed by atoms with van der Waals surface area (Å²) in [5.41, 5.74) is -0.535. The molecule has 0 unspecified atom stereocenters. The molecule has 114 valence electrons. The van der Waals surface area contributed by atoms with Crippen molar-refractivity contribution >= 4 is 14.1 Å². The highest BCUT2D eigenvalue weighted by atomic mass is 28.4. The Morgan fingerprint density at radius 2 is 1.68 bits per heavy atom. The molecule has 1 atom stereocenters. The van der Waals surface area contributed by atoms with E-state index in [1.807, 2.05) is 20.8 Å². The Balaban J connectivity index is 5.20. The van der Waals surface area contributed by atoms with Gasteiger partial charge in [-0.05, 0) is 24.6 Å². The molecule has 3 nitrogen and oxygen atoms in total. The summed E-state index contributed by atoms with van der Waals surface area (Å²) < 4.78 is 6.39. The van der Waals surface area contributed by atoms with Crippen LogP contribution in [-0.2, 0) is 9.22 Å². The molecule has 0 aromatic heterocycles. The molecular weight excluding hydrogens is 256 g/mol. The second kappa shape index (κ2) is 6.51. The molecule has 0 saturated carbocycles. The van der Waals surface area contributed by atoms with E-state index in [-0.39, 0.29) is 23.5 Å². The third-order valence-corrected chi connectivity index (χ3v) is 8.97. The number of aliphatic hydroxyl groups excluding tert-OH is 1. The minimum atomic E-state index is -1.94. The van der Waals surface area contributed by atoms with Gasteiger partial charge in [-0.15, -0.1) is 0 Å². The van der Waals surface area contributed by atoms with E-state index < -0.39 is 13.7 Å². The van der Waals surface area contributed by atoms with Crippen molar-refractivity contribution in [2.75, 3.05) is 6.61 Å². The molecule has 0 aliphatic carbocycles. The predicted octanol–water partition coefficient (Wildman–Crippen LogP) is 3.76. The highest BCUT2D eigenvalue weighted by Crippen LogP contribution is 2.40. The lowest BCUT2D eigenvalue weighted by molar-refractivity contribution is -0.132. The monoisotopic (exact) mass is 288 g/mol. The van der Waals surface area contributed by atoms with E-state index in [4.69, 9.17) is 4.43 Å². The molecule has 1 N–H and O–H groups in total. The number of Topliss-reactive ketones (excluding diaryl/α,β-unsaturated/α-hetero) is 1. The summed E-state index contributed by atoms with van der Waals surface area (Å²) >= 11 is 0. The van der Waals surface area contributed by atoms with Crippen LogP contribution in [0.4, 0.5) is 0 Å². The quantitative estimate of drug-likeness (QED) is 0.725. The van der Waals surface area contributed by atoms with Crippen molar-refractivity contribution in [3.05, 3.63) is 0 Å². The Hall–Kier alpha value is -0.193. The molecule has 0 aromatic carbocycles. The summed E-state index contributed by atoms with van der Waals surface area (Å²) in [5, 5.41) is 9.38. The van der Waals surface area contributed by atoms with Gasteiger partial charge in [-0.3, -0.25) is 4.79 Å². The van der Waals surface area contributed by atoms with Gasteiger partial charge >= 0.3 is 0 Å². The Kier molecular flexibility index (Phi) is 6.44. The third kappa shape index (κ3) is 4.69. The summed E-state index contributed by atoms with van der Waals surface area (Å²) in [6.45, 7) is 16.7. The molecule has 0 fully saturated rings. The zero-order chi connectivity index (χ0) is 15.5. The maximum atomic E-state index is 12.1. The van der Waals surface area contributed by atoms with Crippen LogP contribution in [0, 0.1) is 5.41 Å². The summed E-state index contributed by atoms with van der Waals surface area (Å²) in [6.07, 6.45) is 0.826. The van der Waals surface area contributed by atoms with Crippen molar-refractivity contribution in [3.8, 4) is 0 Å². The summed E-state index contributed by atoms with van der Waals surface area (Å²) in [5.74, 6) is 0.199. The van der Waals surface area contributed by atoms with Crippen LogP contribution in [0.3, 0.4) is 0 Å². The van der Waals surface area contributed by atoms with E-state index in [9.17, 15) is 9.90 Å². The van der Waals surface area contributed by atoms with Crippen LogP contribution in [0.2, 0.25) is 18.1 Å². The molecule has 0 saturated heterocycles. The van der Waals surface area contributed by atoms with Crippen molar-refractivity contribution in [2.24, 2.45) is 5.41 Å². The van der Waals surface area contributed by atoms with Crippen LogP contribution in [0.1, 0.15) is 54.4 Å². The molecule has 19 heavy (non-hydrogen) atoms. The van der Waals surface area contributed by atoms with Gasteiger partial charge in [0.15, 0.2) is 8.32 Å². The van der Waals surface area contributed by atoms with Gasteiger partial charge in [0.2, 0.25) is 0 Å². The first-order chi connectivity index (χ1) is 8.40. The third-order valence-electron chi connectivity index (χ3n) is 4.48. The first-order valence-electron chi connectivity index (χ1n) is 7.22. The van der Waals surface area contributed by atoms with Gasteiger partial charge in [-0.25, -0.2) is 0 Å². The molecule has 0 aliphatic rings. The largest absolute Gasteiger partial charge is 0.413 e. The zero-order valence-corrected chi connectivity index (χ0v) is 15.0. The highest BCUT2D eigenvalue weighted by Gasteiger charge is 2.44. The minimum absolute atomic E-state index is 0.0553. The summed E-state index contributed by atoms with van der Waals surface area (Å²) in [6, 6.07) is 0. The van der Waals surface area contributed by atoms with E-state index in [0.29, 0.717) is 12.8 Å². The Morgan fingerprint density at radius 3 is 2.00 bits per heavy atom. The molecule has 0 radical (unpaired) electrons.